The summed E-state index contributed by atoms with van der Waals surface area (Å²) in [6.45, 7) is 2.39. The number of hydrogen-bond donors (Lipinski definition) is 1. The van der Waals surface area contributed by atoms with E-state index in [0.29, 0.717) is 0 Å². The van der Waals surface area contributed by atoms with Crippen LogP contribution in [0.3, 0.4) is 0 Å². The minimum absolute atomic E-state index is 0.824. The summed E-state index contributed by atoms with van der Waals surface area (Å²) >= 11 is 0. The van der Waals surface area contributed by atoms with E-state index in [1.165, 1.54) is 48.7 Å². The van der Waals surface area contributed by atoms with Crippen molar-refractivity contribution in [2.24, 2.45) is 5.92 Å². The Morgan fingerprint density at radius 3 is 2.76 bits per heavy atom. The first-order chi connectivity index (χ1) is 8.42. The summed E-state index contributed by atoms with van der Waals surface area (Å²) in [4.78, 5) is 0. The molecule has 1 aliphatic rings. The third-order valence-electron chi connectivity index (χ3n) is 3.74. The summed E-state index contributed by atoms with van der Waals surface area (Å²) in [6.07, 6.45) is 3.93. The molecule has 1 atom stereocenters. The standard InChI is InChI=1S/C16H19N/c1-2-6-16-11-13(7-8-15(16)5-1)10-14-4-3-9-17-12-14/h1-2,5-8,11,14,17H,3-4,9-10,12H2/t14-/m0/s1. The molecule has 1 nitrogen and oxygen atoms in total. The van der Waals surface area contributed by atoms with Gasteiger partial charge in [0.1, 0.15) is 0 Å². The highest BCUT2D eigenvalue weighted by Crippen LogP contribution is 2.20. The van der Waals surface area contributed by atoms with Gasteiger partial charge in [-0.25, -0.2) is 0 Å². The molecule has 0 radical (unpaired) electrons. The maximum atomic E-state index is 3.49. The Balaban J connectivity index is 1.80. The van der Waals surface area contributed by atoms with Crippen LogP contribution in [-0.2, 0) is 6.42 Å². The molecular formula is C16H19N. The minimum atomic E-state index is 0.824. The monoisotopic (exact) mass is 225 g/mol. The second-order valence-corrected chi connectivity index (χ2v) is 5.10. The summed E-state index contributed by atoms with van der Waals surface area (Å²) in [5, 5.41) is 6.21. The molecule has 1 heterocycles. The molecule has 1 heteroatoms. The van der Waals surface area contributed by atoms with Crippen LogP contribution in [0.2, 0.25) is 0 Å². The highest BCUT2D eigenvalue weighted by Gasteiger charge is 2.13. The van der Waals surface area contributed by atoms with Gasteiger partial charge in [0.25, 0.3) is 0 Å². The predicted octanol–water partition coefficient (Wildman–Crippen LogP) is 3.38. The number of rotatable bonds is 2. The Kier molecular flexibility index (Phi) is 3.10. The lowest BCUT2D eigenvalue weighted by molar-refractivity contribution is 0.376. The molecule has 0 bridgehead atoms. The van der Waals surface area contributed by atoms with Gasteiger partial charge in [-0.15, -0.1) is 0 Å². The van der Waals surface area contributed by atoms with Gasteiger partial charge in [-0.3, -0.25) is 0 Å². The average molecular weight is 225 g/mol. The third-order valence-corrected chi connectivity index (χ3v) is 3.74. The molecule has 1 aliphatic heterocycles. The lowest BCUT2D eigenvalue weighted by Crippen LogP contribution is -2.30. The smallest absolute Gasteiger partial charge is 0.00173 e. The van der Waals surface area contributed by atoms with Gasteiger partial charge in [-0.1, -0.05) is 42.5 Å². The van der Waals surface area contributed by atoms with Crippen LogP contribution in [0.15, 0.2) is 42.5 Å². The van der Waals surface area contributed by atoms with Gasteiger partial charge < -0.3 is 5.32 Å². The van der Waals surface area contributed by atoms with Crippen molar-refractivity contribution < 1.29 is 0 Å². The maximum absolute atomic E-state index is 3.49. The molecule has 2 aromatic carbocycles. The summed E-state index contributed by atoms with van der Waals surface area (Å²) in [6, 6.07) is 15.5. The summed E-state index contributed by atoms with van der Waals surface area (Å²) in [7, 11) is 0. The number of piperidine rings is 1. The molecule has 0 amide bonds. The van der Waals surface area contributed by atoms with E-state index in [1.807, 2.05) is 0 Å². The molecule has 0 saturated carbocycles. The van der Waals surface area contributed by atoms with Crippen LogP contribution in [0.4, 0.5) is 0 Å². The maximum Gasteiger partial charge on any atom is -0.00173 e. The van der Waals surface area contributed by atoms with Gasteiger partial charge in [-0.05, 0) is 54.6 Å². The number of fused-ring (bicyclic) bond motifs is 1. The van der Waals surface area contributed by atoms with Gasteiger partial charge in [-0.2, -0.15) is 0 Å². The quantitative estimate of drug-likeness (QED) is 0.826. The molecule has 2 aromatic rings. The summed E-state index contributed by atoms with van der Waals surface area (Å²) < 4.78 is 0. The van der Waals surface area contributed by atoms with Crippen LogP contribution in [0.1, 0.15) is 18.4 Å². The van der Waals surface area contributed by atoms with Crippen molar-refractivity contribution in [1.29, 1.82) is 0 Å². The van der Waals surface area contributed by atoms with Gasteiger partial charge >= 0.3 is 0 Å². The topological polar surface area (TPSA) is 12.0 Å². The second-order valence-electron chi connectivity index (χ2n) is 5.10. The van der Waals surface area contributed by atoms with E-state index in [4.69, 9.17) is 0 Å². The molecule has 17 heavy (non-hydrogen) atoms. The summed E-state index contributed by atoms with van der Waals surface area (Å²) in [5.41, 5.74) is 1.48. The van der Waals surface area contributed by atoms with Crippen molar-refractivity contribution >= 4 is 10.8 Å². The molecule has 3 rings (SSSR count). The van der Waals surface area contributed by atoms with Crippen molar-refractivity contribution in [2.45, 2.75) is 19.3 Å². The van der Waals surface area contributed by atoms with Gasteiger partial charge in [0, 0.05) is 0 Å². The highest BCUT2D eigenvalue weighted by molar-refractivity contribution is 5.82. The second kappa shape index (κ2) is 4.89. The van der Waals surface area contributed by atoms with E-state index in [1.54, 1.807) is 0 Å². The molecule has 1 N–H and O–H groups in total. The zero-order chi connectivity index (χ0) is 11.5. The Hall–Kier alpha value is -1.34. The van der Waals surface area contributed by atoms with E-state index in [-0.39, 0.29) is 0 Å². The van der Waals surface area contributed by atoms with Crippen molar-refractivity contribution in [1.82, 2.24) is 5.32 Å². The Labute approximate surface area is 103 Å². The first-order valence-corrected chi connectivity index (χ1v) is 6.60. The largest absolute Gasteiger partial charge is 0.316 e. The molecule has 0 aromatic heterocycles. The van der Waals surface area contributed by atoms with Crippen molar-refractivity contribution in [3.63, 3.8) is 0 Å². The van der Waals surface area contributed by atoms with Crippen LogP contribution in [0.5, 0.6) is 0 Å². The van der Waals surface area contributed by atoms with E-state index in [2.05, 4.69) is 47.8 Å². The molecule has 1 saturated heterocycles. The van der Waals surface area contributed by atoms with Crippen molar-refractivity contribution in [3.8, 4) is 0 Å². The van der Waals surface area contributed by atoms with Gasteiger partial charge in [0.2, 0.25) is 0 Å². The van der Waals surface area contributed by atoms with Crippen LogP contribution in [0, 0.1) is 5.92 Å². The molecular weight excluding hydrogens is 206 g/mol. The van der Waals surface area contributed by atoms with E-state index >= 15 is 0 Å². The van der Waals surface area contributed by atoms with Crippen molar-refractivity contribution in [3.05, 3.63) is 48.0 Å². The van der Waals surface area contributed by atoms with Crippen molar-refractivity contribution in [2.75, 3.05) is 13.1 Å². The Morgan fingerprint density at radius 1 is 1.06 bits per heavy atom. The summed E-state index contributed by atoms with van der Waals surface area (Å²) in [5.74, 6) is 0.824. The minimum Gasteiger partial charge on any atom is -0.316 e. The van der Waals surface area contributed by atoms with Gasteiger partial charge in [0.15, 0.2) is 0 Å². The molecule has 0 spiro atoms. The third kappa shape index (κ3) is 2.50. The number of nitrogens with one attached hydrogen (secondary N) is 1. The first kappa shape index (κ1) is 10.8. The van der Waals surface area contributed by atoms with E-state index < -0.39 is 0 Å². The predicted molar refractivity (Wildman–Crippen MR) is 73.2 cm³/mol. The lowest BCUT2D eigenvalue weighted by Gasteiger charge is -2.22. The zero-order valence-corrected chi connectivity index (χ0v) is 10.2. The van der Waals surface area contributed by atoms with Crippen LogP contribution < -0.4 is 5.32 Å². The lowest BCUT2D eigenvalue weighted by atomic mass is 9.91. The zero-order valence-electron chi connectivity index (χ0n) is 10.2. The Bertz CT molecular complexity index is 498. The molecule has 1 fully saturated rings. The fraction of sp³-hybridized carbons (Fsp3) is 0.375. The van der Waals surface area contributed by atoms with E-state index in [0.717, 1.165) is 5.92 Å². The Morgan fingerprint density at radius 2 is 1.94 bits per heavy atom. The van der Waals surface area contributed by atoms with Crippen LogP contribution in [-0.4, -0.2) is 13.1 Å². The molecule has 88 valence electrons. The number of benzene rings is 2. The fourth-order valence-corrected chi connectivity index (χ4v) is 2.80. The first-order valence-electron chi connectivity index (χ1n) is 6.60. The van der Waals surface area contributed by atoms with Gasteiger partial charge in [0.05, 0.1) is 0 Å². The van der Waals surface area contributed by atoms with Crippen LogP contribution >= 0.6 is 0 Å². The SMILES string of the molecule is c1ccc2cc(C[C@@H]3CCCNC3)ccc2c1. The number of hydrogen-bond acceptors (Lipinski definition) is 1. The molecule has 0 aliphatic carbocycles. The highest BCUT2D eigenvalue weighted by atomic mass is 14.9. The van der Waals surface area contributed by atoms with E-state index in [9.17, 15) is 0 Å². The normalized spacial score (nSPS) is 20.6. The molecule has 0 unspecified atom stereocenters. The average Bonchev–Trinajstić information content (AvgIpc) is 2.40. The fourth-order valence-electron chi connectivity index (χ4n) is 2.80. The van der Waals surface area contributed by atoms with Crippen LogP contribution in [0.25, 0.3) is 10.8 Å².